The summed E-state index contributed by atoms with van der Waals surface area (Å²) < 4.78 is 0. The molecule has 1 fully saturated rings. The number of carboxylic acid groups (broad SMARTS) is 2. The number of rotatable bonds is 6. The van der Waals surface area contributed by atoms with Crippen molar-refractivity contribution in [1.29, 1.82) is 0 Å². The summed E-state index contributed by atoms with van der Waals surface area (Å²) in [5, 5.41) is 24.5. The predicted molar refractivity (Wildman–Crippen MR) is 124 cm³/mol. The molecule has 3 rings (SSSR count). The third-order valence-corrected chi connectivity index (χ3v) is 5.72. The van der Waals surface area contributed by atoms with Crippen molar-refractivity contribution in [3.05, 3.63) is 69.8 Å². The van der Waals surface area contributed by atoms with Gasteiger partial charge in [0, 0.05) is 23.2 Å². The topological polar surface area (TPSA) is 133 Å². The van der Waals surface area contributed by atoms with Crippen LogP contribution in [0.2, 0.25) is 0 Å². The highest BCUT2D eigenvalue weighted by molar-refractivity contribution is 6.06. The maximum atomic E-state index is 12.7. The Morgan fingerprint density at radius 1 is 0.676 bits per heavy atom. The summed E-state index contributed by atoms with van der Waals surface area (Å²) in [6.07, 6.45) is 12.9. The number of aromatic carboxylic acids is 2. The molecule has 1 aliphatic carbocycles. The highest BCUT2D eigenvalue weighted by Crippen LogP contribution is 2.21. The van der Waals surface area contributed by atoms with Crippen LogP contribution in [0.3, 0.4) is 0 Å². The van der Waals surface area contributed by atoms with Gasteiger partial charge in [-0.2, -0.15) is 0 Å². The molecule has 4 N–H and O–H groups in total. The van der Waals surface area contributed by atoms with Crippen molar-refractivity contribution in [2.24, 2.45) is 0 Å². The van der Waals surface area contributed by atoms with E-state index in [1.54, 1.807) is 0 Å². The van der Waals surface area contributed by atoms with E-state index in [2.05, 4.69) is 22.5 Å². The molecule has 0 atom stereocenters. The molecule has 0 saturated heterocycles. The van der Waals surface area contributed by atoms with Gasteiger partial charge in [0.25, 0.3) is 11.8 Å². The summed E-state index contributed by atoms with van der Waals surface area (Å²) in [6, 6.07) is 7.92. The molecule has 0 spiro atoms. The predicted octanol–water partition coefficient (Wildman–Crippen LogP) is 2.52. The summed E-state index contributed by atoms with van der Waals surface area (Å²) in [5.74, 6) is 1.23. The molecule has 8 heteroatoms. The number of benzene rings is 2. The lowest BCUT2D eigenvalue weighted by molar-refractivity contribution is 0.0681. The van der Waals surface area contributed by atoms with Crippen LogP contribution in [0.4, 0.5) is 0 Å². The van der Waals surface area contributed by atoms with Gasteiger partial charge in [0.05, 0.1) is 22.3 Å². The van der Waals surface area contributed by atoms with E-state index in [1.165, 1.54) is 36.4 Å². The summed E-state index contributed by atoms with van der Waals surface area (Å²) in [7, 11) is 0. The molecule has 2 amide bonds. The van der Waals surface area contributed by atoms with E-state index in [0.717, 1.165) is 0 Å². The zero-order chi connectivity index (χ0) is 24.8. The van der Waals surface area contributed by atoms with E-state index in [9.17, 15) is 29.4 Å². The van der Waals surface area contributed by atoms with Crippen molar-refractivity contribution >= 4 is 23.8 Å². The summed E-state index contributed by atoms with van der Waals surface area (Å²) >= 11 is 0. The van der Waals surface area contributed by atoms with Crippen LogP contribution in [0.5, 0.6) is 0 Å². The van der Waals surface area contributed by atoms with Gasteiger partial charge in [-0.1, -0.05) is 11.8 Å². The van der Waals surface area contributed by atoms with Crippen LogP contribution < -0.4 is 10.6 Å². The normalized spacial score (nSPS) is 17.0. The Morgan fingerprint density at radius 2 is 1.09 bits per heavy atom. The van der Waals surface area contributed by atoms with E-state index in [1.807, 2.05) is 0 Å². The Balaban J connectivity index is 1.62. The van der Waals surface area contributed by atoms with E-state index in [4.69, 9.17) is 12.8 Å². The maximum Gasteiger partial charge on any atom is 0.336 e. The Morgan fingerprint density at radius 3 is 1.53 bits per heavy atom. The van der Waals surface area contributed by atoms with Gasteiger partial charge in [-0.3, -0.25) is 9.59 Å². The molecule has 1 aliphatic rings. The van der Waals surface area contributed by atoms with Gasteiger partial charge in [-0.25, -0.2) is 9.59 Å². The van der Waals surface area contributed by atoms with Gasteiger partial charge < -0.3 is 20.8 Å². The fraction of sp³-hybridized carbons (Fsp3) is 0.231. The van der Waals surface area contributed by atoms with Crippen LogP contribution in [-0.2, 0) is 0 Å². The Hall–Kier alpha value is -4.56. The molecule has 0 radical (unpaired) electrons. The zero-order valence-electron chi connectivity index (χ0n) is 18.1. The van der Waals surface area contributed by atoms with E-state index in [0.29, 0.717) is 36.8 Å². The Labute approximate surface area is 196 Å². The summed E-state index contributed by atoms with van der Waals surface area (Å²) in [6.45, 7) is 0. The molecule has 0 aromatic heterocycles. The number of hydrogen-bond acceptors (Lipinski definition) is 4. The summed E-state index contributed by atoms with van der Waals surface area (Å²) in [4.78, 5) is 48.4. The average molecular weight is 458 g/mol. The van der Waals surface area contributed by atoms with Crippen molar-refractivity contribution in [3.63, 3.8) is 0 Å². The molecular formula is C26H22N2O6. The minimum atomic E-state index is -1.25. The molecule has 1 saturated carbocycles. The van der Waals surface area contributed by atoms with Gasteiger partial charge in [-0.15, -0.1) is 12.8 Å². The molecule has 0 unspecified atom stereocenters. The molecule has 2 aromatic carbocycles. The third kappa shape index (κ3) is 5.43. The Bertz CT molecular complexity index is 1240. The maximum absolute atomic E-state index is 12.7. The van der Waals surface area contributed by atoms with Crippen molar-refractivity contribution in [3.8, 4) is 24.7 Å². The van der Waals surface area contributed by atoms with Crippen molar-refractivity contribution in [2.75, 3.05) is 0 Å². The highest BCUT2D eigenvalue weighted by atomic mass is 16.4. The van der Waals surface area contributed by atoms with Crippen LogP contribution in [0.15, 0.2) is 36.4 Å². The van der Waals surface area contributed by atoms with Crippen LogP contribution in [0.25, 0.3) is 0 Å². The van der Waals surface area contributed by atoms with Crippen molar-refractivity contribution < 1.29 is 29.4 Å². The quantitative estimate of drug-likeness (QED) is 0.492. The third-order valence-electron chi connectivity index (χ3n) is 5.72. The van der Waals surface area contributed by atoms with E-state index >= 15 is 0 Å². The first-order chi connectivity index (χ1) is 16.2. The van der Waals surface area contributed by atoms with Crippen molar-refractivity contribution in [1.82, 2.24) is 10.6 Å². The fourth-order valence-electron chi connectivity index (χ4n) is 3.93. The lowest BCUT2D eigenvalue weighted by Crippen LogP contribution is -2.44. The van der Waals surface area contributed by atoms with E-state index < -0.39 is 23.8 Å². The second kappa shape index (κ2) is 10.4. The molecule has 34 heavy (non-hydrogen) atoms. The molecule has 2 aromatic rings. The summed E-state index contributed by atoms with van der Waals surface area (Å²) in [5.41, 5.74) is 0.480. The molecule has 0 bridgehead atoms. The molecule has 8 nitrogen and oxygen atoms in total. The number of carbonyl (C=O) groups excluding carboxylic acids is 2. The lowest BCUT2D eigenvalue weighted by atomic mass is 9.90. The van der Waals surface area contributed by atoms with Gasteiger partial charge in [-0.05, 0) is 62.1 Å². The standard InChI is InChI=1S/C26H22N2O6/c1-3-15-6-12-20(25(31)32)21(13-15)24(30)28-18-9-7-17(8-10-18)27-23(29)19-11-5-16(4-2)14-22(19)26(33)34/h1-2,5-6,11-14,17-18H,7-10H2,(H,27,29)(H,28,30)(H,31,32)(H,33,34). The SMILES string of the molecule is C#Cc1ccc(C(=O)NC2CCC(NC(=O)c3cc(C#C)ccc3C(=O)O)CC2)c(C(=O)O)c1. The molecular weight excluding hydrogens is 436 g/mol. The molecule has 172 valence electrons. The minimum absolute atomic E-state index is 0.00464. The highest BCUT2D eigenvalue weighted by Gasteiger charge is 2.27. The first-order valence-electron chi connectivity index (χ1n) is 10.5. The number of carboxylic acids is 2. The van der Waals surface area contributed by atoms with Crippen LogP contribution in [0, 0.1) is 24.7 Å². The minimum Gasteiger partial charge on any atom is -0.478 e. The number of amides is 2. The number of terminal acetylenes is 2. The second-order valence-electron chi connectivity index (χ2n) is 7.92. The lowest BCUT2D eigenvalue weighted by Gasteiger charge is -2.30. The van der Waals surface area contributed by atoms with Crippen LogP contribution in [-0.4, -0.2) is 46.0 Å². The van der Waals surface area contributed by atoms with Gasteiger partial charge in [0.15, 0.2) is 0 Å². The van der Waals surface area contributed by atoms with E-state index in [-0.39, 0.29) is 34.3 Å². The van der Waals surface area contributed by atoms with Gasteiger partial charge >= 0.3 is 11.9 Å². The number of hydrogen-bond donors (Lipinski definition) is 4. The Kier molecular flexibility index (Phi) is 7.35. The van der Waals surface area contributed by atoms with Crippen LogP contribution >= 0.6 is 0 Å². The fourth-order valence-corrected chi connectivity index (χ4v) is 3.93. The van der Waals surface area contributed by atoms with Gasteiger partial charge in [0.1, 0.15) is 0 Å². The molecule has 0 aliphatic heterocycles. The van der Waals surface area contributed by atoms with Gasteiger partial charge in [0.2, 0.25) is 0 Å². The van der Waals surface area contributed by atoms with Crippen LogP contribution in [0.1, 0.15) is 78.2 Å². The van der Waals surface area contributed by atoms with Crippen molar-refractivity contribution in [2.45, 2.75) is 37.8 Å². The zero-order valence-corrected chi connectivity index (χ0v) is 18.1. The average Bonchev–Trinajstić information content (AvgIpc) is 2.84. The first-order valence-corrected chi connectivity index (χ1v) is 10.5. The largest absolute Gasteiger partial charge is 0.478 e. The first kappa shape index (κ1) is 24.1. The number of carbonyl (C=O) groups is 4. The molecule has 0 heterocycles. The monoisotopic (exact) mass is 458 g/mol. The number of nitrogens with one attached hydrogen (secondary N) is 2. The second-order valence-corrected chi connectivity index (χ2v) is 7.92. The smallest absolute Gasteiger partial charge is 0.336 e.